The van der Waals surface area contributed by atoms with Gasteiger partial charge in [-0.2, -0.15) is 0 Å². The van der Waals surface area contributed by atoms with Crippen LogP contribution in [-0.2, 0) is 6.42 Å². The van der Waals surface area contributed by atoms with Crippen LogP contribution in [-0.4, -0.2) is 10.1 Å². The third kappa shape index (κ3) is 1.13. The zero-order valence-electron chi connectivity index (χ0n) is 9.12. The lowest BCUT2D eigenvalue weighted by molar-refractivity contribution is 0.470. The maximum atomic E-state index is 9.81. The highest BCUT2D eigenvalue weighted by Gasteiger charge is 2.09. The molecule has 0 atom stereocenters. The molecule has 80 valence electrons. The van der Waals surface area contributed by atoms with E-state index in [0.717, 1.165) is 23.0 Å². The van der Waals surface area contributed by atoms with Crippen LogP contribution < -0.4 is 0 Å². The van der Waals surface area contributed by atoms with Crippen molar-refractivity contribution in [3.63, 3.8) is 0 Å². The van der Waals surface area contributed by atoms with E-state index in [4.69, 9.17) is 0 Å². The van der Waals surface area contributed by atoms with Crippen molar-refractivity contribution in [2.45, 2.75) is 13.3 Å². The number of hydrogen-bond acceptors (Lipinski definition) is 1. The molecule has 1 aromatic heterocycles. The number of rotatable bonds is 1. The number of nitrogens with one attached hydrogen (secondary N) is 1. The predicted octanol–water partition coefficient (Wildman–Crippen LogP) is 3.59. The summed E-state index contributed by atoms with van der Waals surface area (Å²) >= 11 is 0. The van der Waals surface area contributed by atoms with Crippen LogP contribution >= 0.6 is 0 Å². The van der Waals surface area contributed by atoms with Crippen molar-refractivity contribution in [3.05, 3.63) is 42.0 Å². The topological polar surface area (TPSA) is 36.0 Å². The lowest BCUT2D eigenvalue weighted by Gasteiger charge is -2.02. The van der Waals surface area contributed by atoms with Gasteiger partial charge in [0.2, 0.25) is 0 Å². The maximum absolute atomic E-state index is 9.81. The fourth-order valence-electron chi connectivity index (χ4n) is 2.32. The van der Waals surface area contributed by atoms with Crippen LogP contribution in [0.2, 0.25) is 0 Å². The number of aryl methyl sites for hydroxylation is 1. The third-order valence-electron chi connectivity index (χ3n) is 3.12. The van der Waals surface area contributed by atoms with Gasteiger partial charge in [-0.05, 0) is 24.6 Å². The fraction of sp³-hybridized carbons (Fsp3) is 0.143. The lowest BCUT2D eigenvalue weighted by atomic mass is 10.1. The molecule has 0 aliphatic rings. The average molecular weight is 211 g/mol. The predicted molar refractivity (Wildman–Crippen MR) is 66.8 cm³/mol. The Bertz CT molecular complexity index is 667. The Labute approximate surface area is 93.5 Å². The van der Waals surface area contributed by atoms with Gasteiger partial charge in [0.15, 0.2) is 0 Å². The van der Waals surface area contributed by atoms with E-state index < -0.39 is 0 Å². The van der Waals surface area contributed by atoms with Crippen LogP contribution in [0.15, 0.2) is 36.4 Å². The van der Waals surface area contributed by atoms with E-state index in [1.807, 2.05) is 18.2 Å². The smallest absolute Gasteiger partial charge is 0.120 e. The summed E-state index contributed by atoms with van der Waals surface area (Å²) in [6.45, 7) is 2.06. The molecule has 3 aromatic rings. The SMILES string of the molecule is CCc1c(O)ccc2c1[nH]c1ccccc12. The molecule has 2 heteroatoms. The molecule has 0 bridgehead atoms. The van der Waals surface area contributed by atoms with Gasteiger partial charge in [-0.25, -0.2) is 0 Å². The minimum Gasteiger partial charge on any atom is -0.508 e. The number of H-pyrrole nitrogens is 1. The Morgan fingerprint density at radius 3 is 2.69 bits per heavy atom. The Hall–Kier alpha value is -1.96. The molecule has 2 aromatic carbocycles. The van der Waals surface area contributed by atoms with Gasteiger partial charge < -0.3 is 10.1 Å². The molecule has 0 amide bonds. The van der Waals surface area contributed by atoms with Gasteiger partial charge in [-0.15, -0.1) is 0 Å². The highest BCUT2D eigenvalue weighted by molar-refractivity contribution is 6.08. The van der Waals surface area contributed by atoms with Crippen molar-refractivity contribution in [2.75, 3.05) is 0 Å². The fourth-order valence-corrected chi connectivity index (χ4v) is 2.32. The first-order chi connectivity index (χ1) is 7.81. The molecule has 0 aliphatic carbocycles. The average Bonchev–Trinajstić information content (AvgIpc) is 2.67. The molecule has 16 heavy (non-hydrogen) atoms. The number of phenolic OH excluding ortho intramolecular Hbond substituents is 1. The summed E-state index contributed by atoms with van der Waals surface area (Å²) in [5.74, 6) is 0.376. The summed E-state index contributed by atoms with van der Waals surface area (Å²) < 4.78 is 0. The molecular formula is C14H13NO. The van der Waals surface area contributed by atoms with Gasteiger partial charge in [0.25, 0.3) is 0 Å². The highest BCUT2D eigenvalue weighted by Crippen LogP contribution is 2.32. The molecule has 0 aliphatic heterocycles. The number of aromatic amines is 1. The van der Waals surface area contributed by atoms with E-state index >= 15 is 0 Å². The number of aromatic nitrogens is 1. The van der Waals surface area contributed by atoms with E-state index in [0.29, 0.717) is 5.75 Å². The molecule has 0 saturated carbocycles. The summed E-state index contributed by atoms with van der Waals surface area (Å²) in [6, 6.07) is 12.0. The van der Waals surface area contributed by atoms with Gasteiger partial charge in [0.05, 0.1) is 5.52 Å². The van der Waals surface area contributed by atoms with Crippen molar-refractivity contribution in [3.8, 4) is 5.75 Å². The number of hydrogen-bond donors (Lipinski definition) is 2. The van der Waals surface area contributed by atoms with Gasteiger partial charge in [-0.3, -0.25) is 0 Å². The van der Waals surface area contributed by atoms with E-state index in [2.05, 4.69) is 24.0 Å². The normalized spacial score (nSPS) is 11.3. The van der Waals surface area contributed by atoms with Crippen LogP contribution in [0, 0.1) is 0 Å². The summed E-state index contributed by atoms with van der Waals surface area (Å²) in [5, 5.41) is 12.2. The Kier molecular flexibility index (Phi) is 1.90. The zero-order valence-corrected chi connectivity index (χ0v) is 9.12. The van der Waals surface area contributed by atoms with E-state index in [9.17, 15) is 5.11 Å². The summed E-state index contributed by atoms with van der Waals surface area (Å²) in [7, 11) is 0. The molecule has 0 unspecified atom stereocenters. The van der Waals surface area contributed by atoms with Gasteiger partial charge >= 0.3 is 0 Å². The standard InChI is InChI=1S/C14H13NO/c1-2-9-13(16)8-7-11-10-5-3-4-6-12(10)15-14(9)11/h3-8,15-16H,2H2,1H3. The van der Waals surface area contributed by atoms with Gasteiger partial charge in [0.1, 0.15) is 5.75 Å². The Morgan fingerprint density at radius 2 is 1.88 bits per heavy atom. The second kappa shape index (κ2) is 3.27. The van der Waals surface area contributed by atoms with Crippen molar-refractivity contribution < 1.29 is 5.11 Å². The lowest BCUT2D eigenvalue weighted by Crippen LogP contribution is -1.83. The molecule has 2 nitrogen and oxygen atoms in total. The summed E-state index contributed by atoms with van der Waals surface area (Å²) in [5.41, 5.74) is 3.18. The number of benzene rings is 2. The maximum Gasteiger partial charge on any atom is 0.120 e. The monoisotopic (exact) mass is 211 g/mol. The largest absolute Gasteiger partial charge is 0.508 e. The first-order valence-electron chi connectivity index (χ1n) is 5.52. The van der Waals surface area contributed by atoms with Crippen molar-refractivity contribution in [2.24, 2.45) is 0 Å². The van der Waals surface area contributed by atoms with Crippen LogP contribution in [0.3, 0.4) is 0 Å². The van der Waals surface area contributed by atoms with Crippen molar-refractivity contribution in [1.29, 1.82) is 0 Å². The minimum atomic E-state index is 0.376. The third-order valence-corrected chi connectivity index (χ3v) is 3.12. The molecule has 3 rings (SSSR count). The van der Waals surface area contributed by atoms with Crippen LogP contribution in [0.5, 0.6) is 5.75 Å². The minimum absolute atomic E-state index is 0.376. The molecule has 1 heterocycles. The molecular weight excluding hydrogens is 198 g/mol. The number of para-hydroxylation sites is 1. The Balaban J connectivity index is 2.54. The number of fused-ring (bicyclic) bond motifs is 3. The van der Waals surface area contributed by atoms with Crippen molar-refractivity contribution in [1.82, 2.24) is 4.98 Å². The second-order valence-corrected chi connectivity index (χ2v) is 4.01. The molecule has 2 N–H and O–H groups in total. The number of phenols is 1. The van der Waals surface area contributed by atoms with Crippen LogP contribution in [0.25, 0.3) is 21.8 Å². The van der Waals surface area contributed by atoms with Crippen LogP contribution in [0.1, 0.15) is 12.5 Å². The van der Waals surface area contributed by atoms with E-state index in [1.165, 1.54) is 10.8 Å². The van der Waals surface area contributed by atoms with E-state index in [-0.39, 0.29) is 0 Å². The number of aromatic hydroxyl groups is 1. The molecule has 0 spiro atoms. The molecule has 0 fully saturated rings. The van der Waals surface area contributed by atoms with Gasteiger partial charge in [0, 0.05) is 21.9 Å². The summed E-state index contributed by atoms with van der Waals surface area (Å²) in [4.78, 5) is 3.38. The van der Waals surface area contributed by atoms with Crippen molar-refractivity contribution >= 4 is 21.8 Å². The van der Waals surface area contributed by atoms with E-state index in [1.54, 1.807) is 6.07 Å². The zero-order chi connectivity index (χ0) is 11.1. The Morgan fingerprint density at radius 1 is 1.06 bits per heavy atom. The first kappa shape index (κ1) is 9.28. The van der Waals surface area contributed by atoms with Crippen LogP contribution in [0.4, 0.5) is 0 Å². The van der Waals surface area contributed by atoms with Gasteiger partial charge in [-0.1, -0.05) is 25.1 Å². The molecule has 0 saturated heterocycles. The second-order valence-electron chi connectivity index (χ2n) is 4.01. The quantitative estimate of drug-likeness (QED) is 0.634. The summed E-state index contributed by atoms with van der Waals surface area (Å²) in [6.07, 6.45) is 0.829. The molecule has 0 radical (unpaired) electrons. The highest BCUT2D eigenvalue weighted by atomic mass is 16.3. The first-order valence-corrected chi connectivity index (χ1v) is 5.52.